The fourth-order valence-electron chi connectivity index (χ4n) is 3.26. The topological polar surface area (TPSA) is 74.7 Å². The summed E-state index contributed by atoms with van der Waals surface area (Å²) in [5.41, 5.74) is 0.852. The molecule has 2 N–H and O–H groups in total. The molecule has 5 rings (SSSR count). The Bertz CT molecular complexity index is 1110. The monoisotopic (exact) mass is 358 g/mol. The van der Waals surface area contributed by atoms with Crippen LogP contribution in [0, 0.1) is 0 Å². The van der Waals surface area contributed by atoms with Crippen LogP contribution in [0.15, 0.2) is 36.7 Å². The molecule has 0 atom stereocenters. The lowest BCUT2D eigenvalue weighted by atomic mass is 9.75. The highest BCUT2D eigenvalue weighted by atomic mass is 32.1. The van der Waals surface area contributed by atoms with E-state index in [1.54, 1.807) is 18.5 Å². The normalized spacial score (nSPS) is 18.5. The van der Waals surface area contributed by atoms with Crippen molar-refractivity contribution >= 4 is 32.6 Å². The van der Waals surface area contributed by atoms with Crippen molar-refractivity contribution in [2.24, 2.45) is 0 Å². The molecule has 1 aliphatic carbocycles. The third-order valence-electron chi connectivity index (χ3n) is 4.53. The summed E-state index contributed by atoms with van der Waals surface area (Å²) >= 11 is 1.26. The lowest BCUT2D eigenvalue weighted by Crippen LogP contribution is -2.48. The molecule has 0 bridgehead atoms. The average Bonchev–Trinajstić information content (AvgIpc) is 3.18. The van der Waals surface area contributed by atoms with E-state index in [9.17, 15) is 13.9 Å². The number of alkyl halides is 2. The van der Waals surface area contributed by atoms with Crippen molar-refractivity contribution in [3.8, 4) is 11.3 Å². The first-order valence-corrected chi connectivity index (χ1v) is 8.54. The van der Waals surface area contributed by atoms with Gasteiger partial charge < -0.3 is 5.11 Å². The quantitative estimate of drug-likeness (QED) is 0.571. The molecule has 126 valence electrons. The van der Waals surface area contributed by atoms with Gasteiger partial charge in [0.05, 0.1) is 11.9 Å². The van der Waals surface area contributed by atoms with Crippen LogP contribution in [0.4, 0.5) is 8.78 Å². The Morgan fingerprint density at radius 3 is 2.76 bits per heavy atom. The van der Waals surface area contributed by atoms with Gasteiger partial charge in [-0.2, -0.15) is 5.10 Å². The van der Waals surface area contributed by atoms with E-state index in [0.717, 1.165) is 22.0 Å². The third-order valence-corrected chi connectivity index (χ3v) is 5.77. The van der Waals surface area contributed by atoms with Gasteiger partial charge in [0.1, 0.15) is 10.4 Å². The van der Waals surface area contributed by atoms with Crippen LogP contribution in [-0.2, 0) is 5.60 Å². The van der Waals surface area contributed by atoms with Gasteiger partial charge in [0.2, 0.25) is 0 Å². The number of halogens is 2. The minimum absolute atomic E-state index is 0.527. The predicted octanol–water partition coefficient (Wildman–Crippen LogP) is 3.85. The molecule has 0 amide bonds. The Morgan fingerprint density at radius 2 is 1.96 bits per heavy atom. The van der Waals surface area contributed by atoms with Crippen LogP contribution in [0.2, 0.25) is 0 Å². The van der Waals surface area contributed by atoms with Crippen LogP contribution < -0.4 is 0 Å². The number of aromatic nitrogens is 4. The number of fused-ring (bicyclic) bond motifs is 2. The van der Waals surface area contributed by atoms with Crippen molar-refractivity contribution in [3.05, 3.63) is 41.5 Å². The molecule has 0 saturated heterocycles. The lowest BCUT2D eigenvalue weighted by Gasteiger charge is -2.42. The summed E-state index contributed by atoms with van der Waals surface area (Å²) in [6.45, 7) is 0. The van der Waals surface area contributed by atoms with Gasteiger partial charge in [-0.15, -0.1) is 11.3 Å². The van der Waals surface area contributed by atoms with Gasteiger partial charge in [0.25, 0.3) is 5.92 Å². The van der Waals surface area contributed by atoms with Gasteiger partial charge in [-0.3, -0.25) is 5.10 Å². The Kier molecular flexibility index (Phi) is 2.85. The molecule has 5 nitrogen and oxygen atoms in total. The highest BCUT2D eigenvalue weighted by Crippen LogP contribution is 2.53. The number of aromatic amines is 1. The number of aliphatic hydroxyl groups is 1. The summed E-state index contributed by atoms with van der Waals surface area (Å²) < 4.78 is 26.4. The maximum Gasteiger partial charge on any atom is 0.254 e. The lowest BCUT2D eigenvalue weighted by molar-refractivity contribution is -0.208. The summed E-state index contributed by atoms with van der Waals surface area (Å²) in [5.74, 6) is -2.78. The highest BCUT2D eigenvalue weighted by Gasteiger charge is 2.57. The largest absolute Gasteiger partial charge is 0.384 e. The molecule has 25 heavy (non-hydrogen) atoms. The maximum absolute atomic E-state index is 13.2. The maximum atomic E-state index is 13.2. The van der Waals surface area contributed by atoms with Gasteiger partial charge in [0, 0.05) is 40.3 Å². The summed E-state index contributed by atoms with van der Waals surface area (Å²) in [4.78, 5) is 10.2. The van der Waals surface area contributed by atoms with Crippen molar-refractivity contribution in [2.75, 3.05) is 0 Å². The second-order valence-electron chi connectivity index (χ2n) is 6.47. The Hall–Kier alpha value is -2.45. The molecule has 1 fully saturated rings. The first-order valence-electron chi connectivity index (χ1n) is 7.73. The number of nitrogens with zero attached hydrogens (tertiary/aromatic N) is 3. The molecule has 0 aliphatic heterocycles. The van der Waals surface area contributed by atoms with Crippen LogP contribution in [0.1, 0.15) is 17.7 Å². The molecule has 4 heterocycles. The minimum Gasteiger partial charge on any atom is -0.384 e. The Balaban J connectivity index is 1.55. The van der Waals surface area contributed by atoms with E-state index >= 15 is 0 Å². The van der Waals surface area contributed by atoms with Crippen molar-refractivity contribution in [3.63, 3.8) is 0 Å². The van der Waals surface area contributed by atoms with Crippen molar-refractivity contribution in [1.29, 1.82) is 0 Å². The van der Waals surface area contributed by atoms with E-state index in [1.807, 2.05) is 18.2 Å². The molecule has 0 spiro atoms. The fourth-order valence-corrected chi connectivity index (χ4v) is 4.38. The number of H-pyrrole nitrogens is 1. The molecule has 0 radical (unpaired) electrons. The first kappa shape index (κ1) is 14.9. The molecule has 8 heteroatoms. The smallest absolute Gasteiger partial charge is 0.254 e. The van der Waals surface area contributed by atoms with E-state index < -0.39 is 24.4 Å². The number of hydrogen-bond donors (Lipinski definition) is 2. The molecule has 1 aliphatic rings. The Labute approximate surface area is 144 Å². The van der Waals surface area contributed by atoms with Crippen LogP contribution in [-0.4, -0.2) is 31.2 Å². The second kappa shape index (κ2) is 4.80. The SMILES string of the molecule is OC1(c2cc3ccc(-c4cnc5[nH]ncc5c4)nc3s2)CC(F)(F)C1. The van der Waals surface area contributed by atoms with Gasteiger partial charge >= 0.3 is 0 Å². The van der Waals surface area contributed by atoms with E-state index in [0.29, 0.717) is 15.4 Å². The molecule has 1 saturated carbocycles. The first-order chi connectivity index (χ1) is 11.9. The van der Waals surface area contributed by atoms with Gasteiger partial charge in [0.15, 0.2) is 5.65 Å². The summed E-state index contributed by atoms with van der Waals surface area (Å²) in [5, 5.41) is 18.9. The second-order valence-corrected chi connectivity index (χ2v) is 7.51. The van der Waals surface area contributed by atoms with Crippen LogP contribution in [0.3, 0.4) is 0 Å². The van der Waals surface area contributed by atoms with E-state index in [2.05, 4.69) is 20.2 Å². The van der Waals surface area contributed by atoms with Crippen molar-refractivity contribution in [1.82, 2.24) is 20.2 Å². The molecule has 0 unspecified atom stereocenters. The van der Waals surface area contributed by atoms with Gasteiger partial charge in [-0.1, -0.05) is 0 Å². The van der Waals surface area contributed by atoms with Crippen LogP contribution in [0.25, 0.3) is 32.5 Å². The van der Waals surface area contributed by atoms with Crippen molar-refractivity contribution in [2.45, 2.75) is 24.4 Å². The summed E-state index contributed by atoms with van der Waals surface area (Å²) in [7, 11) is 0. The average molecular weight is 358 g/mol. The fraction of sp³-hybridized carbons (Fsp3) is 0.235. The minimum atomic E-state index is -2.78. The van der Waals surface area contributed by atoms with E-state index in [-0.39, 0.29) is 0 Å². The predicted molar refractivity (Wildman–Crippen MR) is 90.6 cm³/mol. The van der Waals surface area contributed by atoms with Crippen LogP contribution >= 0.6 is 11.3 Å². The summed E-state index contributed by atoms with van der Waals surface area (Å²) in [6, 6.07) is 7.44. The van der Waals surface area contributed by atoms with E-state index in [1.165, 1.54) is 11.3 Å². The third kappa shape index (κ3) is 2.32. The molecule has 0 aromatic carbocycles. The molecule has 4 aromatic rings. The molecule has 4 aromatic heterocycles. The zero-order valence-corrected chi connectivity index (χ0v) is 13.6. The number of pyridine rings is 2. The van der Waals surface area contributed by atoms with Gasteiger partial charge in [-0.05, 0) is 24.3 Å². The van der Waals surface area contributed by atoms with E-state index in [4.69, 9.17) is 0 Å². The number of nitrogens with one attached hydrogen (secondary N) is 1. The zero-order valence-electron chi connectivity index (χ0n) is 12.8. The van der Waals surface area contributed by atoms with Crippen LogP contribution in [0.5, 0.6) is 0 Å². The van der Waals surface area contributed by atoms with Gasteiger partial charge in [-0.25, -0.2) is 18.7 Å². The zero-order chi connectivity index (χ0) is 17.2. The summed E-state index contributed by atoms with van der Waals surface area (Å²) in [6.07, 6.45) is 2.35. The number of thiophene rings is 1. The number of rotatable bonds is 2. The number of hydrogen-bond acceptors (Lipinski definition) is 5. The standard InChI is InChI=1S/C17H12F2N4OS/c18-17(19)7-16(24,8-17)13-4-9-1-2-12(22-15(9)25-13)10-3-11-6-21-23-14(11)20-5-10/h1-6,24H,7-8H2,(H,20,21,23). The Morgan fingerprint density at radius 1 is 1.12 bits per heavy atom. The van der Waals surface area contributed by atoms with Crippen molar-refractivity contribution < 1.29 is 13.9 Å². The molecular formula is C17H12F2N4OS. The molecular weight excluding hydrogens is 346 g/mol. The highest BCUT2D eigenvalue weighted by molar-refractivity contribution is 7.18.